The van der Waals surface area contributed by atoms with Gasteiger partial charge in [-0.25, -0.2) is 9.97 Å². The highest BCUT2D eigenvalue weighted by Crippen LogP contribution is 2.45. The maximum absolute atomic E-state index is 12.7. The summed E-state index contributed by atoms with van der Waals surface area (Å²) in [4.78, 5) is 23.8. The summed E-state index contributed by atoms with van der Waals surface area (Å²) >= 11 is 6.19. The number of nitrogens with zero attached hydrogens (tertiary/aromatic N) is 3. The van der Waals surface area contributed by atoms with Crippen LogP contribution in [0.5, 0.6) is 0 Å². The maximum atomic E-state index is 12.7. The molecule has 3 N–H and O–H groups in total. The molecule has 0 aliphatic carbocycles. The van der Waals surface area contributed by atoms with Crippen LogP contribution in [0.4, 0.5) is 11.6 Å². The number of piperidine rings is 1. The van der Waals surface area contributed by atoms with E-state index in [-0.39, 0.29) is 12.5 Å². The van der Waals surface area contributed by atoms with Gasteiger partial charge in [-0.05, 0) is 63.5 Å². The number of halogens is 1. The minimum Gasteiger partial charge on any atom is -0.394 e. The minimum atomic E-state index is -0.475. The first-order chi connectivity index (χ1) is 13.8. The number of nitrogens with one attached hydrogen (secondary N) is 2. The number of aromatic nitrogens is 2. The molecule has 1 amide bonds. The molecule has 29 heavy (non-hydrogen) atoms. The van der Waals surface area contributed by atoms with Gasteiger partial charge in [0.05, 0.1) is 17.6 Å². The number of carbonyl (C=O) groups is 1. The van der Waals surface area contributed by atoms with Crippen LogP contribution in [-0.4, -0.2) is 51.1 Å². The Labute approximate surface area is 175 Å². The molecule has 8 heteroatoms. The SMILES string of the molecule is CC(C)(CO)Nc1ncc(CN2CCC3(CC2)C(=O)Nc2ccc(Cl)cc23)cn1. The van der Waals surface area contributed by atoms with Gasteiger partial charge in [0.25, 0.3) is 0 Å². The van der Waals surface area contributed by atoms with Gasteiger partial charge in [0.15, 0.2) is 0 Å². The molecule has 1 aromatic heterocycles. The standard InChI is InChI=1S/C21H26ClN5O2/c1-20(2,13-28)26-19-23-10-14(11-24-19)12-27-7-5-21(6-8-27)16-9-15(22)3-4-17(16)25-18(21)29/h3-4,9-11,28H,5-8,12-13H2,1-2H3,(H,25,29)(H,23,24,26). The average molecular weight is 416 g/mol. The quantitative estimate of drug-likeness (QED) is 0.695. The predicted octanol–water partition coefficient (Wildman–Crippen LogP) is 2.80. The Morgan fingerprint density at radius 1 is 1.28 bits per heavy atom. The van der Waals surface area contributed by atoms with E-state index in [1.165, 1.54) is 0 Å². The highest BCUT2D eigenvalue weighted by Gasteiger charge is 2.48. The van der Waals surface area contributed by atoms with Crippen LogP contribution in [0.15, 0.2) is 30.6 Å². The molecular weight excluding hydrogens is 390 g/mol. The van der Waals surface area contributed by atoms with Gasteiger partial charge in [-0.2, -0.15) is 0 Å². The van der Waals surface area contributed by atoms with E-state index in [4.69, 9.17) is 11.6 Å². The summed E-state index contributed by atoms with van der Waals surface area (Å²) in [5.74, 6) is 0.584. The lowest BCUT2D eigenvalue weighted by Crippen LogP contribution is -2.46. The van der Waals surface area contributed by atoms with Crippen LogP contribution in [0.2, 0.25) is 5.02 Å². The van der Waals surface area contributed by atoms with Crippen LogP contribution in [-0.2, 0) is 16.8 Å². The molecule has 0 unspecified atom stereocenters. The van der Waals surface area contributed by atoms with Crippen LogP contribution >= 0.6 is 11.6 Å². The molecule has 7 nitrogen and oxygen atoms in total. The summed E-state index contributed by atoms with van der Waals surface area (Å²) in [6.07, 6.45) is 5.14. The van der Waals surface area contributed by atoms with Crippen molar-refractivity contribution in [3.8, 4) is 0 Å². The summed E-state index contributed by atoms with van der Waals surface area (Å²) < 4.78 is 0. The zero-order chi connectivity index (χ0) is 20.6. The van der Waals surface area contributed by atoms with E-state index in [1.54, 1.807) is 0 Å². The van der Waals surface area contributed by atoms with Crippen molar-refractivity contribution in [2.75, 3.05) is 30.3 Å². The zero-order valence-electron chi connectivity index (χ0n) is 16.7. The molecule has 1 fully saturated rings. The third-order valence-electron chi connectivity index (χ3n) is 5.85. The molecular formula is C21H26ClN5O2. The number of likely N-dealkylation sites (tertiary alicyclic amines) is 1. The number of fused-ring (bicyclic) bond motifs is 2. The van der Waals surface area contributed by atoms with E-state index in [1.807, 2.05) is 44.4 Å². The van der Waals surface area contributed by atoms with E-state index in [9.17, 15) is 9.90 Å². The number of aliphatic hydroxyl groups excluding tert-OH is 1. The topological polar surface area (TPSA) is 90.4 Å². The Kier molecular flexibility index (Phi) is 5.23. The van der Waals surface area contributed by atoms with Crippen molar-refractivity contribution in [3.05, 3.63) is 46.7 Å². The molecule has 1 spiro atoms. The molecule has 4 rings (SSSR count). The second-order valence-corrected chi connectivity index (χ2v) is 9.02. The molecule has 2 aromatic rings. The largest absolute Gasteiger partial charge is 0.394 e. The van der Waals surface area contributed by atoms with E-state index in [2.05, 4.69) is 25.5 Å². The molecule has 2 aliphatic rings. The van der Waals surface area contributed by atoms with E-state index in [0.29, 0.717) is 11.0 Å². The van der Waals surface area contributed by atoms with Crippen LogP contribution in [0.25, 0.3) is 0 Å². The first-order valence-electron chi connectivity index (χ1n) is 9.85. The molecule has 0 radical (unpaired) electrons. The molecule has 1 aromatic carbocycles. The lowest BCUT2D eigenvalue weighted by atomic mass is 9.73. The van der Waals surface area contributed by atoms with Crippen LogP contribution in [0.1, 0.15) is 37.8 Å². The molecule has 0 atom stereocenters. The average Bonchev–Trinajstić information content (AvgIpc) is 2.96. The molecule has 0 saturated carbocycles. The van der Waals surface area contributed by atoms with Gasteiger partial charge in [-0.1, -0.05) is 11.6 Å². The van der Waals surface area contributed by atoms with Crippen molar-refractivity contribution in [3.63, 3.8) is 0 Å². The smallest absolute Gasteiger partial charge is 0.235 e. The molecule has 2 aliphatic heterocycles. The number of hydrogen-bond acceptors (Lipinski definition) is 6. The number of hydrogen-bond donors (Lipinski definition) is 3. The van der Waals surface area contributed by atoms with Gasteiger partial charge in [0, 0.05) is 35.2 Å². The lowest BCUT2D eigenvalue weighted by molar-refractivity contribution is -0.122. The van der Waals surface area contributed by atoms with E-state index < -0.39 is 11.0 Å². The monoisotopic (exact) mass is 415 g/mol. The highest BCUT2D eigenvalue weighted by atomic mass is 35.5. The number of anilines is 2. The molecule has 0 bridgehead atoms. The van der Waals surface area contributed by atoms with E-state index >= 15 is 0 Å². The van der Waals surface area contributed by atoms with Crippen molar-refractivity contribution >= 4 is 29.1 Å². The third-order valence-corrected chi connectivity index (χ3v) is 6.08. The summed E-state index contributed by atoms with van der Waals surface area (Å²) in [6.45, 7) is 6.14. The summed E-state index contributed by atoms with van der Waals surface area (Å²) in [7, 11) is 0. The Morgan fingerprint density at radius 2 is 1.97 bits per heavy atom. The number of benzene rings is 1. The van der Waals surface area contributed by atoms with Gasteiger partial charge in [-0.3, -0.25) is 9.69 Å². The number of rotatable bonds is 5. The molecule has 3 heterocycles. The first-order valence-corrected chi connectivity index (χ1v) is 10.2. The summed E-state index contributed by atoms with van der Waals surface area (Å²) in [5.41, 5.74) is 1.99. The Hall–Kier alpha value is -2.22. The predicted molar refractivity (Wildman–Crippen MR) is 113 cm³/mol. The van der Waals surface area contributed by atoms with E-state index in [0.717, 1.165) is 49.3 Å². The van der Waals surface area contributed by atoms with Crippen molar-refractivity contribution in [1.29, 1.82) is 0 Å². The minimum absolute atomic E-state index is 0.00441. The third kappa shape index (κ3) is 3.95. The fourth-order valence-corrected chi connectivity index (χ4v) is 4.25. The van der Waals surface area contributed by atoms with Gasteiger partial charge in [0.2, 0.25) is 11.9 Å². The van der Waals surface area contributed by atoms with Crippen molar-refractivity contribution in [2.24, 2.45) is 0 Å². The highest BCUT2D eigenvalue weighted by molar-refractivity contribution is 6.31. The second kappa shape index (κ2) is 7.55. The van der Waals surface area contributed by atoms with Gasteiger partial charge in [0.1, 0.15) is 0 Å². The van der Waals surface area contributed by atoms with Gasteiger partial charge < -0.3 is 15.7 Å². The number of amides is 1. The van der Waals surface area contributed by atoms with Crippen LogP contribution in [0, 0.1) is 0 Å². The Bertz CT molecular complexity index is 908. The first kappa shape index (κ1) is 20.1. The van der Waals surface area contributed by atoms with Crippen molar-refractivity contribution in [2.45, 2.75) is 44.2 Å². The van der Waals surface area contributed by atoms with Gasteiger partial charge >= 0.3 is 0 Å². The number of carbonyl (C=O) groups excluding carboxylic acids is 1. The Balaban J connectivity index is 1.40. The second-order valence-electron chi connectivity index (χ2n) is 8.58. The van der Waals surface area contributed by atoms with Gasteiger partial charge in [-0.15, -0.1) is 0 Å². The van der Waals surface area contributed by atoms with Crippen molar-refractivity contribution < 1.29 is 9.90 Å². The fraction of sp³-hybridized carbons (Fsp3) is 0.476. The normalized spacial score (nSPS) is 18.6. The zero-order valence-corrected chi connectivity index (χ0v) is 17.5. The maximum Gasteiger partial charge on any atom is 0.235 e. The molecule has 1 saturated heterocycles. The number of aliphatic hydroxyl groups is 1. The van der Waals surface area contributed by atoms with Crippen molar-refractivity contribution in [1.82, 2.24) is 14.9 Å². The van der Waals surface area contributed by atoms with Crippen LogP contribution < -0.4 is 10.6 Å². The fourth-order valence-electron chi connectivity index (χ4n) is 4.08. The summed E-state index contributed by atoms with van der Waals surface area (Å²) in [5, 5.41) is 16.1. The molecule has 154 valence electrons. The summed E-state index contributed by atoms with van der Waals surface area (Å²) in [6, 6.07) is 5.63. The lowest BCUT2D eigenvalue weighted by Gasteiger charge is -2.38. The van der Waals surface area contributed by atoms with Crippen LogP contribution in [0.3, 0.4) is 0 Å². The Morgan fingerprint density at radius 3 is 2.62 bits per heavy atom.